The van der Waals surface area contributed by atoms with Crippen molar-refractivity contribution in [3.05, 3.63) is 22.4 Å². The van der Waals surface area contributed by atoms with Gasteiger partial charge < -0.3 is 20.0 Å². The summed E-state index contributed by atoms with van der Waals surface area (Å²) in [6.45, 7) is 0.514. The Morgan fingerprint density at radius 1 is 1.58 bits per heavy atom. The molecule has 0 saturated carbocycles. The molecule has 2 heterocycles. The molecule has 1 saturated heterocycles. The van der Waals surface area contributed by atoms with Crippen LogP contribution >= 0.6 is 11.3 Å². The molecule has 0 aliphatic carbocycles. The van der Waals surface area contributed by atoms with E-state index >= 15 is 0 Å². The number of urea groups is 1. The van der Waals surface area contributed by atoms with Crippen LogP contribution in [-0.2, 0) is 11.3 Å². The van der Waals surface area contributed by atoms with E-state index in [0.717, 1.165) is 4.88 Å². The van der Waals surface area contributed by atoms with Crippen molar-refractivity contribution in [1.29, 1.82) is 0 Å². The van der Waals surface area contributed by atoms with E-state index in [1.165, 1.54) is 9.80 Å². The lowest BCUT2D eigenvalue weighted by atomic mass is 10.2. The molecule has 1 fully saturated rings. The monoisotopic (exact) mass is 284 g/mol. The van der Waals surface area contributed by atoms with Gasteiger partial charge in [-0.05, 0) is 11.4 Å². The summed E-state index contributed by atoms with van der Waals surface area (Å²) in [5, 5.41) is 20.5. The molecule has 104 valence electrons. The third-order valence-corrected chi connectivity index (χ3v) is 3.97. The lowest BCUT2D eigenvalue weighted by Gasteiger charge is -2.27. The molecule has 6 nitrogen and oxygen atoms in total. The van der Waals surface area contributed by atoms with E-state index in [1.54, 1.807) is 18.4 Å². The fourth-order valence-electron chi connectivity index (χ4n) is 2.18. The Morgan fingerprint density at radius 2 is 2.32 bits per heavy atom. The zero-order chi connectivity index (χ0) is 14.0. The van der Waals surface area contributed by atoms with Gasteiger partial charge in [0.15, 0.2) is 0 Å². The van der Waals surface area contributed by atoms with Gasteiger partial charge in [-0.15, -0.1) is 11.3 Å². The Balaban J connectivity index is 2.03. The summed E-state index contributed by atoms with van der Waals surface area (Å²) < 4.78 is 0. The molecule has 0 unspecified atom stereocenters. The summed E-state index contributed by atoms with van der Waals surface area (Å²) >= 11 is 1.54. The number of hydrogen-bond donors (Lipinski definition) is 2. The average Bonchev–Trinajstić information content (AvgIpc) is 2.97. The first kappa shape index (κ1) is 13.8. The van der Waals surface area contributed by atoms with Crippen molar-refractivity contribution in [1.82, 2.24) is 9.80 Å². The molecular weight excluding hydrogens is 268 g/mol. The molecule has 19 heavy (non-hydrogen) atoms. The number of nitrogens with zero attached hydrogens (tertiary/aromatic N) is 2. The molecule has 0 radical (unpaired) electrons. The molecule has 7 heteroatoms. The van der Waals surface area contributed by atoms with E-state index in [4.69, 9.17) is 5.11 Å². The SMILES string of the molecule is CN(Cc1cccs1)C(=O)N1C[C@@H](O)C[C@H]1C(=O)O. The van der Waals surface area contributed by atoms with Gasteiger partial charge >= 0.3 is 12.0 Å². The average molecular weight is 284 g/mol. The predicted octanol–water partition coefficient (Wildman–Crippen LogP) is 0.820. The molecule has 1 aliphatic heterocycles. The molecule has 1 aliphatic rings. The molecule has 2 N–H and O–H groups in total. The number of β-amino-alcohol motifs (C(OH)–C–C–N with tert-alkyl or cyclic N) is 1. The topological polar surface area (TPSA) is 81.1 Å². The van der Waals surface area contributed by atoms with E-state index in [2.05, 4.69) is 0 Å². The molecule has 2 atom stereocenters. The minimum absolute atomic E-state index is 0.0740. The van der Waals surface area contributed by atoms with Gasteiger partial charge in [-0.1, -0.05) is 6.07 Å². The summed E-state index contributed by atoms with van der Waals surface area (Å²) in [6, 6.07) is 2.52. The van der Waals surface area contributed by atoms with Crippen LogP contribution in [0.2, 0.25) is 0 Å². The summed E-state index contributed by atoms with van der Waals surface area (Å²) in [6.07, 6.45) is -0.673. The van der Waals surface area contributed by atoms with Gasteiger partial charge in [0, 0.05) is 24.9 Å². The van der Waals surface area contributed by atoms with Crippen LogP contribution in [0, 0.1) is 0 Å². The van der Waals surface area contributed by atoms with Crippen LogP contribution in [0.1, 0.15) is 11.3 Å². The Labute approximate surface area is 114 Å². The standard InChI is InChI=1S/C12H16N2O4S/c1-13(7-9-3-2-4-19-9)12(18)14-6-8(15)5-10(14)11(16)17/h2-4,8,10,15H,5-7H2,1H3,(H,16,17)/t8-,10-/m0/s1. The van der Waals surface area contributed by atoms with E-state index in [0.29, 0.717) is 6.54 Å². The fraction of sp³-hybridized carbons (Fsp3) is 0.500. The second kappa shape index (κ2) is 5.58. The van der Waals surface area contributed by atoms with Gasteiger partial charge in [-0.2, -0.15) is 0 Å². The molecule has 0 spiro atoms. The number of thiophene rings is 1. The molecule has 1 aromatic rings. The first-order valence-corrected chi connectivity index (χ1v) is 6.82. The summed E-state index contributed by atoms with van der Waals surface area (Å²) in [5.41, 5.74) is 0. The van der Waals surface area contributed by atoms with Gasteiger partial charge in [0.25, 0.3) is 0 Å². The van der Waals surface area contributed by atoms with E-state index in [9.17, 15) is 14.7 Å². The van der Waals surface area contributed by atoms with Crippen LogP contribution in [0.3, 0.4) is 0 Å². The summed E-state index contributed by atoms with van der Waals surface area (Å²) in [7, 11) is 1.63. The molecule has 2 amide bonds. The second-order valence-corrected chi connectivity index (χ2v) is 5.65. The van der Waals surface area contributed by atoms with Crippen LogP contribution in [0.15, 0.2) is 17.5 Å². The molecule has 2 rings (SSSR count). The number of carbonyl (C=O) groups is 2. The van der Waals surface area contributed by atoms with Crippen LogP contribution in [0.25, 0.3) is 0 Å². The van der Waals surface area contributed by atoms with Gasteiger partial charge in [0.1, 0.15) is 6.04 Å². The third kappa shape index (κ3) is 3.05. The maximum atomic E-state index is 12.2. The number of aliphatic hydroxyl groups excluding tert-OH is 1. The smallest absolute Gasteiger partial charge is 0.326 e. The number of rotatable bonds is 3. The number of carbonyl (C=O) groups excluding carboxylic acids is 1. The largest absolute Gasteiger partial charge is 0.480 e. The number of carboxylic acids is 1. The predicted molar refractivity (Wildman–Crippen MR) is 69.9 cm³/mol. The number of aliphatic carboxylic acids is 1. The van der Waals surface area contributed by atoms with Gasteiger partial charge in [0.2, 0.25) is 0 Å². The van der Waals surface area contributed by atoms with E-state index < -0.39 is 18.1 Å². The highest BCUT2D eigenvalue weighted by Gasteiger charge is 2.40. The first-order chi connectivity index (χ1) is 8.99. The fourth-order valence-corrected chi connectivity index (χ4v) is 2.94. The zero-order valence-electron chi connectivity index (χ0n) is 10.5. The van der Waals surface area contributed by atoms with Crippen molar-refractivity contribution in [2.45, 2.75) is 25.1 Å². The molecular formula is C12H16N2O4S. The number of amides is 2. The second-order valence-electron chi connectivity index (χ2n) is 4.61. The minimum Gasteiger partial charge on any atom is -0.480 e. The highest BCUT2D eigenvalue weighted by Crippen LogP contribution is 2.21. The number of carboxylic acid groups (broad SMARTS) is 1. The summed E-state index contributed by atoms with van der Waals surface area (Å²) in [5.74, 6) is -1.07. The Hall–Kier alpha value is -1.60. The Morgan fingerprint density at radius 3 is 2.89 bits per heavy atom. The first-order valence-electron chi connectivity index (χ1n) is 5.94. The van der Waals surface area contributed by atoms with Crippen molar-refractivity contribution in [2.24, 2.45) is 0 Å². The van der Waals surface area contributed by atoms with Crippen molar-refractivity contribution >= 4 is 23.3 Å². The van der Waals surface area contributed by atoms with Gasteiger partial charge in [-0.3, -0.25) is 0 Å². The van der Waals surface area contributed by atoms with Crippen LogP contribution in [0.4, 0.5) is 4.79 Å². The van der Waals surface area contributed by atoms with Crippen LogP contribution in [-0.4, -0.2) is 57.8 Å². The number of hydrogen-bond acceptors (Lipinski definition) is 4. The molecule has 0 aromatic carbocycles. The van der Waals surface area contributed by atoms with Crippen molar-refractivity contribution < 1.29 is 19.8 Å². The van der Waals surface area contributed by atoms with E-state index in [-0.39, 0.29) is 19.0 Å². The molecule has 1 aromatic heterocycles. The highest BCUT2D eigenvalue weighted by molar-refractivity contribution is 7.09. The normalized spacial score (nSPS) is 22.5. The maximum Gasteiger partial charge on any atom is 0.326 e. The van der Waals surface area contributed by atoms with Crippen molar-refractivity contribution in [3.63, 3.8) is 0 Å². The Bertz CT molecular complexity index is 462. The van der Waals surface area contributed by atoms with Gasteiger partial charge in [0.05, 0.1) is 12.6 Å². The maximum absolute atomic E-state index is 12.2. The third-order valence-electron chi connectivity index (χ3n) is 3.11. The summed E-state index contributed by atoms with van der Waals surface area (Å²) in [4.78, 5) is 27.0. The van der Waals surface area contributed by atoms with Crippen LogP contribution in [0.5, 0.6) is 0 Å². The molecule has 0 bridgehead atoms. The van der Waals surface area contributed by atoms with Crippen molar-refractivity contribution in [3.8, 4) is 0 Å². The van der Waals surface area contributed by atoms with Crippen LogP contribution < -0.4 is 0 Å². The number of aliphatic hydroxyl groups is 1. The highest BCUT2D eigenvalue weighted by atomic mass is 32.1. The van der Waals surface area contributed by atoms with E-state index in [1.807, 2.05) is 17.5 Å². The number of likely N-dealkylation sites (tertiary alicyclic amines) is 1. The lowest BCUT2D eigenvalue weighted by Crippen LogP contribution is -2.46. The minimum atomic E-state index is -1.07. The lowest BCUT2D eigenvalue weighted by molar-refractivity contribution is -0.141. The quantitative estimate of drug-likeness (QED) is 0.861. The Kier molecular flexibility index (Phi) is 4.06. The zero-order valence-corrected chi connectivity index (χ0v) is 11.3. The van der Waals surface area contributed by atoms with Crippen molar-refractivity contribution in [2.75, 3.05) is 13.6 Å². The van der Waals surface area contributed by atoms with Gasteiger partial charge in [-0.25, -0.2) is 9.59 Å².